The van der Waals surface area contributed by atoms with Crippen molar-refractivity contribution in [1.29, 1.82) is 0 Å². The van der Waals surface area contributed by atoms with Crippen molar-refractivity contribution in [3.63, 3.8) is 0 Å². The molecular weight excluding hydrogens is 302 g/mol. The van der Waals surface area contributed by atoms with Crippen molar-refractivity contribution in [3.05, 3.63) is 47.8 Å². The summed E-state index contributed by atoms with van der Waals surface area (Å²) in [4.78, 5) is 18.9. The zero-order valence-corrected chi connectivity index (χ0v) is 14.8. The van der Waals surface area contributed by atoms with E-state index in [1.54, 1.807) is 13.3 Å². The summed E-state index contributed by atoms with van der Waals surface area (Å²) in [5, 5.41) is 2.88. The second-order valence-corrected chi connectivity index (χ2v) is 5.83. The first-order chi connectivity index (χ1) is 11.5. The summed E-state index contributed by atoms with van der Waals surface area (Å²) in [5.41, 5.74) is 3.07. The maximum absolute atomic E-state index is 12.5. The number of carbonyl (C=O) groups excluding carboxylic acids is 1. The van der Waals surface area contributed by atoms with Gasteiger partial charge < -0.3 is 15.0 Å². The maximum Gasteiger partial charge on any atom is 0.274 e. The molecule has 0 aliphatic heterocycles. The smallest absolute Gasteiger partial charge is 0.274 e. The van der Waals surface area contributed by atoms with E-state index in [1.807, 2.05) is 44.3 Å². The maximum atomic E-state index is 12.5. The third-order valence-corrected chi connectivity index (χ3v) is 3.87. The highest BCUT2D eigenvalue weighted by Crippen LogP contribution is 2.26. The van der Waals surface area contributed by atoms with Gasteiger partial charge in [-0.3, -0.25) is 9.78 Å². The summed E-state index contributed by atoms with van der Waals surface area (Å²) >= 11 is 0. The average Bonchev–Trinajstić information content (AvgIpc) is 2.60. The number of aryl methyl sites for hydroxylation is 1. The molecule has 0 radical (unpaired) electrons. The number of amides is 1. The molecule has 1 heterocycles. The van der Waals surface area contributed by atoms with Crippen molar-refractivity contribution < 1.29 is 9.53 Å². The molecule has 0 aliphatic carbocycles. The Bertz CT molecular complexity index is 701. The van der Waals surface area contributed by atoms with Crippen LogP contribution in [0.2, 0.25) is 0 Å². The predicted molar refractivity (Wildman–Crippen MR) is 98.1 cm³/mol. The molecule has 0 saturated carbocycles. The Balaban J connectivity index is 2.17. The Morgan fingerprint density at radius 1 is 1.29 bits per heavy atom. The van der Waals surface area contributed by atoms with Crippen LogP contribution in [0, 0.1) is 6.92 Å². The molecule has 1 amide bonds. The third kappa shape index (κ3) is 4.47. The van der Waals surface area contributed by atoms with Gasteiger partial charge >= 0.3 is 0 Å². The van der Waals surface area contributed by atoms with Crippen molar-refractivity contribution in [2.75, 3.05) is 30.9 Å². The lowest BCUT2D eigenvalue weighted by Gasteiger charge is -2.19. The van der Waals surface area contributed by atoms with Crippen LogP contribution in [0.15, 0.2) is 36.5 Å². The van der Waals surface area contributed by atoms with E-state index in [0.29, 0.717) is 17.1 Å². The van der Waals surface area contributed by atoms with Gasteiger partial charge in [0.25, 0.3) is 5.91 Å². The molecule has 1 aromatic carbocycles. The lowest BCUT2D eigenvalue weighted by molar-refractivity contribution is 0.102. The van der Waals surface area contributed by atoms with Gasteiger partial charge in [-0.1, -0.05) is 19.4 Å². The van der Waals surface area contributed by atoms with Gasteiger partial charge in [-0.25, -0.2) is 0 Å². The number of aromatic nitrogens is 1. The number of methoxy groups -OCH3 is 1. The summed E-state index contributed by atoms with van der Waals surface area (Å²) in [5.74, 6) is 0.384. The quantitative estimate of drug-likeness (QED) is 0.838. The molecule has 24 heavy (non-hydrogen) atoms. The highest BCUT2D eigenvalue weighted by Gasteiger charge is 2.13. The molecule has 0 bridgehead atoms. The van der Waals surface area contributed by atoms with Gasteiger partial charge in [0, 0.05) is 25.5 Å². The number of nitrogens with zero attached hydrogens (tertiary/aromatic N) is 2. The van der Waals surface area contributed by atoms with Crippen LogP contribution >= 0.6 is 0 Å². The number of rotatable bonds is 7. The summed E-state index contributed by atoms with van der Waals surface area (Å²) in [6, 6.07) is 9.39. The first-order valence-electron chi connectivity index (χ1n) is 8.18. The van der Waals surface area contributed by atoms with Crippen LogP contribution in [-0.2, 0) is 0 Å². The Kier molecular flexibility index (Phi) is 6.18. The van der Waals surface area contributed by atoms with Crippen molar-refractivity contribution in [2.45, 2.75) is 26.7 Å². The first-order valence-corrected chi connectivity index (χ1v) is 8.18. The molecule has 0 unspecified atom stereocenters. The number of nitrogens with one attached hydrogen (secondary N) is 1. The molecular formula is C19H25N3O2. The van der Waals surface area contributed by atoms with Gasteiger partial charge in [0.05, 0.1) is 12.8 Å². The van der Waals surface area contributed by atoms with E-state index in [2.05, 4.69) is 22.1 Å². The Morgan fingerprint density at radius 3 is 2.79 bits per heavy atom. The number of carbonyl (C=O) groups is 1. The van der Waals surface area contributed by atoms with Crippen molar-refractivity contribution in [3.8, 4) is 5.75 Å². The number of benzene rings is 1. The third-order valence-electron chi connectivity index (χ3n) is 3.87. The van der Waals surface area contributed by atoms with E-state index >= 15 is 0 Å². The van der Waals surface area contributed by atoms with Crippen LogP contribution in [0.5, 0.6) is 5.75 Å². The molecule has 2 aromatic rings. The second kappa shape index (κ2) is 8.34. The normalized spacial score (nSPS) is 10.3. The zero-order chi connectivity index (χ0) is 17.5. The molecule has 0 fully saturated rings. The zero-order valence-electron chi connectivity index (χ0n) is 14.8. The van der Waals surface area contributed by atoms with E-state index in [1.165, 1.54) is 0 Å². The van der Waals surface area contributed by atoms with Crippen LogP contribution in [0.25, 0.3) is 0 Å². The summed E-state index contributed by atoms with van der Waals surface area (Å²) in [6.07, 6.45) is 3.91. The minimum Gasteiger partial charge on any atom is -0.495 e. The number of anilines is 2. The SMILES string of the molecule is CCCCN(C)c1ccnc(C(=O)Nc2cc(C)ccc2OC)c1. The van der Waals surface area contributed by atoms with Crippen molar-refractivity contribution >= 4 is 17.3 Å². The highest BCUT2D eigenvalue weighted by atomic mass is 16.5. The minimum absolute atomic E-state index is 0.246. The van der Waals surface area contributed by atoms with E-state index in [9.17, 15) is 4.79 Å². The average molecular weight is 327 g/mol. The van der Waals surface area contributed by atoms with E-state index in [-0.39, 0.29) is 5.91 Å². The molecule has 128 valence electrons. The van der Waals surface area contributed by atoms with Gasteiger partial charge in [0.15, 0.2) is 0 Å². The fourth-order valence-corrected chi connectivity index (χ4v) is 2.41. The van der Waals surface area contributed by atoms with Gasteiger partial charge in [0.2, 0.25) is 0 Å². The number of hydrogen-bond donors (Lipinski definition) is 1. The van der Waals surface area contributed by atoms with Gasteiger partial charge in [-0.05, 0) is 43.2 Å². The summed E-state index contributed by atoms with van der Waals surface area (Å²) in [6.45, 7) is 5.08. The van der Waals surface area contributed by atoms with Crippen molar-refractivity contribution in [2.24, 2.45) is 0 Å². The molecule has 0 saturated heterocycles. The van der Waals surface area contributed by atoms with E-state index < -0.39 is 0 Å². The Hall–Kier alpha value is -2.56. The van der Waals surface area contributed by atoms with E-state index in [0.717, 1.165) is 30.6 Å². The predicted octanol–water partition coefficient (Wildman–Crippen LogP) is 3.89. The molecule has 5 heteroatoms. The molecule has 0 atom stereocenters. The summed E-state index contributed by atoms with van der Waals surface area (Å²) in [7, 11) is 3.61. The van der Waals surface area contributed by atoms with Crippen LogP contribution in [0.3, 0.4) is 0 Å². The van der Waals surface area contributed by atoms with Gasteiger partial charge in [0.1, 0.15) is 11.4 Å². The van der Waals surface area contributed by atoms with Gasteiger partial charge in [-0.15, -0.1) is 0 Å². The van der Waals surface area contributed by atoms with E-state index in [4.69, 9.17) is 4.74 Å². The fourth-order valence-electron chi connectivity index (χ4n) is 2.41. The Morgan fingerprint density at radius 2 is 2.08 bits per heavy atom. The fraction of sp³-hybridized carbons (Fsp3) is 0.368. The molecule has 0 aliphatic rings. The van der Waals surface area contributed by atoms with Gasteiger partial charge in [-0.2, -0.15) is 0 Å². The molecule has 5 nitrogen and oxygen atoms in total. The van der Waals surface area contributed by atoms with Crippen LogP contribution in [0.4, 0.5) is 11.4 Å². The minimum atomic E-state index is -0.246. The van der Waals surface area contributed by atoms with Crippen LogP contribution < -0.4 is 15.0 Å². The highest BCUT2D eigenvalue weighted by molar-refractivity contribution is 6.04. The first kappa shape index (κ1) is 17.8. The topological polar surface area (TPSA) is 54.5 Å². The standard InChI is InChI=1S/C19H25N3O2/c1-5-6-11-22(3)15-9-10-20-17(13-15)19(23)21-16-12-14(2)7-8-18(16)24-4/h7-10,12-13H,5-6,11H2,1-4H3,(H,21,23). The number of hydrogen-bond acceptors (Lipinski definition) is 4. The molecule has 1 N–H and O–H groups in total. The van der Waals surface area contributed by atoms with Crippen LogP contribution in [0.1, 0.15) is 35.8 Å². The second-order valence-electron chi connectivity index (χ2n) is 5.83. The number of pyridine rings is 1. The number of unbranched alkanes of at least 4 members (excludes halogenated alkanes) is 1. The summed E-state index contributed by atoms with van der Waals surface area (Å²) < 4.78 is 5.30. The lowest BCUT2D eigenvalue weighted by atomic mass is 10.2. The monoisotopic (exact) mass is 327 g/mol. The lowest BCUT2D eigenvalue weighted by Crippen LogP contribution is -2.20. The van der Waals surface area contributed by atoms with Crippen molar-refractivity contribution in [1.82, 2.24) is 4.98 Å². The molecule has 2 rings (SSSR count). The molecule has 1 aromatic heterocycles. The Labute approximate surface area is 143 Å². The largest absolute Gasteiger partial charge is 0.495 e. The molecule has 0 spiro atoms. The van der Waals surface area contributed by atoms with Crippen LogP contribution in [-0.4, -0.2) is 31.6 Å². The number of ether oxygens (including phenoxy) is 1.